The number of fused-ring (bicyclic) bond motifs is 1. The quantitative estimate of drug-likeness (QED) is 0.862. The molecule has 0 aliphatic heterocycles. The molecule has 0 heterocycles. The first-order chi connectivity index (χ1) is 8.30. The van der Waals surface area contributed by atoms with Crippen LogP contribution in [0.5, 0.6) is 0 Å². The standard InChI is InChI=1S/C10H7F3O3S2/c11-18(12,13)16-17(14,15)10-7-3-5-8-4-1-2-6-9(8)10/h1-7H. The molecule has 0 aliphatic carbocycles. The van der Waals surface area contributed by atoms with E-state index in [1.54, 1.807) is 24.3 Å². The van der Waals surface area contributed by atoms with E-state index in [4.69, 9.17) is 0 Å². The molecule has 8 heteroatoms. The number of halogens is 3. The minimum atomic E-state index is -6.09. The molecule has 0 amide bonds. The van der Waals surface area contributed by atoms with Gasteiger partial charge in [0.15, 0.2) is 0 Å². The Morgan fingerprint density at radius 2 is 1.50 bits per heavy atom. The molecule has 3 nitrogen and oxygen atoms in total. The Morgan fingerprint density at radius 3 is 2.17 bits per heavy atom. The Morgan fingerprint density at radius 1 is 0.889 bits per heavy atom. The highest BCUT2D eigenvalue weighted by Crippen LogP contribution is 2.56. The van der Waals surface area contributed by atoms with Crippen LogP contribution in [0.2, 0.25) is 0 Å². The lowest BCUT2D eigenvalue weighted by molar-refractivity contribution is 0.435. The Hall–Kier alpha value is -1.25. The van der Waals surface area contributed by atoms with Crippen molar-refractivity contribution in [1.82, 2.24) is 0 Å². The van der Waals surface area contributed by atoms with Gasteiger partial charge in [0.25, 0.3) is 0 Å². The Kier molecular flexibility index (Phi) is 3.26. The van der Waals surface area contributed by atoms with E-state index in [9.17, 15) is 20.1 Å². The maximum absolute atomic E-state index is 12.1. The topological polar surface area (TPSA) is 43.4 Å². The maximum Gasteiger partial charge on any atom is 0.355 e. The highest BCUT2D eigenvalue weighted by atomic mass is 32.4. The average molecular weight is 296 g/mol. The predicted molar refractivity (Wildman–Crippen MR) is 63.1 cm³/mol. The fraction of sp³-hybridized carbons (Fsp3) is 0. The molecule has 0 N–H and O–H groups in total. The summed E-state index contributed by atoms with van der Waals surface area (Å²) in [5.41, 5.74) is 0. The smallest absolute Gasteiger partial charge is 0.193 e. The van der Waals surface area contributed by atoms with E-state index in [-0.39, 0.29) is 5.39 Å². The first-order valence-corrected chi connectivity index (χ1v) is 7.32. The van der Waals surface area contributed by atoms with Gasteiger partial charge in [-0.05, 0) is 11.5 Å². The Bertz CT molecular complexity index is 675. The molecule has 0 aliphatic rings. The summed E-state index contributed by atoms with van der Waals surface area (Å²) in [5, 5.41) is 0.725. The summed E-state index contributed by atoms with van der Waals surface area (Å²) < 4.78 is 62.7. The van der Waals surface area contributed by atoms with Gasteiger partial charge in [-0.1, -0.05) is 48.1 Å². The van der Waals surface area contributed by atoms with Crippen molar-refractivity contribution in [3.8, 4) is 0 Å². The molecule has 2 rings (SSSR count). The first kappa shape index (κ1) is 13.2. The SMILES string of the molecule is O=S(=O)(OS(F)(F)F)c1cccc2ccccc12. The molecular formula is C10H7F3O3S2. The van der Waals surface area contributed by atoms with E-state index in [0.29, 0.717) is 5.39 Å². The van der Waals surface area contributed by atoms with Crippen LogP contribution < -0.4 is 0 Å². The van der Waals surface area contributed by atoms with Gasteiger partial charge < -0.3 is 0 Å². The van der Waals surface area contributed by atoms with Crippen molar-refractivity contribution < 1.29 is 23.7 Å². The lowest BCUT2D eigenvalue weighted by atomic mass is 10.1. The van der Waals surface area contributed by atoms with E-state index in [1.165, 1.54) is 12.1 Å². The van der Waals surface area contributed by atoms with Crippen molar-refractivity contribution in [2.75, 3.05) is 0 Å². The Labute approximate surface area is 104 Å². The minimum absolute atomic E-state index is 0.198. The maximum atomic E-state index is 12.1. The van der Waals surface area contributed by atoms with E-state index < -0.39 is 26.5 Å². The van der Waals surface area contributed by atoms with Crippen LogP contribution in [0.25, 0.3) is 10.8 Å². The highest BCUT2D eigenvalue weighted by Gasteiger charge is 2.33. The molecule has 0 radical (unpaired) electrons. The molecule has 0 fully saturated rings. The summed E-state index contributed by atoms with van der Waals surface area (Å²) in [6, 6.07) is 10.3. The van der Waals surface area contributed by atoms with Crippen LogP contribution in [-0.2, 0) is 13.7 Å². The fourth-order valence-electron chi connectivity index (χ4n) is 1.55. The number of hydrogen-bond donors (Lipinski definition) is 0. The number of benzene rings is 2. The zero-order chi connectivity index (χ0) is 13.4. The van der Waals surface area contributed by atoms with Gasteiger partial charge in [0.05, 0.1) is 0 Å². The largest absolute Gasteiger partial charge is 0.355 e. The van der Waals surface area contributed by atoms with Crippen molar-refractivity contribution in [3.63, 3.8) is 0 Å². The monoisotopic (exact) mass is 296 g/mol. The lowest BCUT2D eigenvalue weighted by Crippen LogP contribution is -2.05. The third kappa shape index (κ3) is 2.77. The highest BCUT2D eigenvalue weighted by molar-refractivity contribution is 8.21. The molecule has 0 bridgehead atoms. The molecule has 2 aromatic carbocycles. The molecule has 0 aromatic heterocycles. The summed E-state index contributed by atoms with van der Waals surface area (Å²) in [6.07, 6.45) is 0. The van der Waals surface area contributed by atoms with Gasteiger partial charge in [0, 0.05) is 5.39 Å². The van der Waals surface area contributed by atoms with Gasteiger partial charge in [-0.15, -0.1) is 3.63 Å². The zero-order valence-electron chi connectivity index (χ0n) is 8.72. The van der Waals surface area contributed by atoms with Gasteiger partial charge >= 0.3 is 21.6 Å². The van der Waals surface area contributed by atoms with E-state index in [1.807, 2.05) is 0 Å². The second-order valence-electron chi connectivity index (χ2n) is 3.36. The summed E-state index contributed by atoms with van der Waals surface area (Å²) in [5.74, 6) is 0. The second kappa shape index (κ2) is 4.45. The van der Waals surface area contributed by atoms with Crippen LogP contribution in [0.15, 0.2) is 47.4 Å². The van der Waals surface area contributed by atoms with Gasteiger partial charge in [-0.3, -0.25) is 0 Å². The molecule has 0 atom stereocenters. The van der Waals surface area contributed by atoms with Gasteiger partial charge in [0.1, 0.15) is 4.90 Å². The predicted octanol–water partition coefficient (Wildman–Crippen LogP) is 3.92. The molecule has 0 spiro atoms. The molecule has 0 saturated carbocycles. The molecule has 98 valence electrons. The van der Waals surface area contributed by atoms with Crippen LogP contribution in [0.3, 0.4) is 0 Å². The summed E-state index contributed by atoms with van der Waals surface area (Å²) in [7, 11) is -4.83. The van der Waals surface area contributed by atoms with Crippen molar-refractivity contribution in [1.29, 1.82) is 0 Å². The van der Waals surface area contributed by atoms with Crippen LogP contribution in [0.4, 0.5) is 11.7 Å². The van der Waals surface area contributed by atoms with Crippen molar-refractivity contribution in [3.05, 3.63) is 42.5 Å². The summed E-state index contributed by atoms with van der Waals surface area (Å²) in [4.78, 5) is -0.481. The van der Waals surface area contributed by atoms with Gasteiger partial charge in [-0.25, -0.2) is 0 Å². The van der Waals surface area contributed by atoms with E-state index in [2.05, 4.69) is 3.63 Å². The lowest BCUT2D eigenvalue weighted by Gasteiger charge is -2.11. The van der Waals surface area contributed by atoms with Crippen LogP contribution in [-0.4, -0.2) is 8.42 Å². The van der Waals surface area contributed by atoms with Crippen LogP contribution in [0, 0.1) is 0 Å². The van der Waals surface area contributed by atoms with E-state index >= 15 is 0 Å². The molecule has 0 unspecified atom stereocenters. The van der Waals surface area contributed by atoms with Crippen molar-refractivity contribution in [2.24, 2.45) is 0 Å². The normalized spacial score (nSPS) is 13.7. The molecule has 2 aromatic rings. The minimum Gasteiger partial charge on any atom is -0.193 e. The van der Waals surface area contributed by atoms with E-state index in [0.717, 1.165) is 6.07 Å². The van der Waals surface area contributed by atoms with Crippen LogP contribution in [0.1, 0.15) is 0 Å². The Balaban J connectivity index is 2.61. The third-order valence-corrected chi connectivity index (χ3v) is 4.41. The van der Waals surface area contributed by atoms with Crippen molar-refractivity contribution in [2.45, 2.75) is 4.90 Å². The average Bonchev–Trinajstić information content (AvgIpc) is 2.25. The molecule has 18 heavy (non-hydrogen) atoms. The van der Waals surface area contributed by atoms with Crippen LogP contribution >= 0.6 is 11.5 Å². The summed E-state index contributed by atoms with van der Waals surface area (Å²) in [6.45, 7) is 0. The van der Waals surface area contributed by atoms with Gasteiger partial charge in [-0.2, -0.15) is 8.42 Å². The van der Waals surface area contributed by atoms with Crippen molar-refractivity contribution >= 4 is 32.4 Å². The summed E-state index contributed by atoms with van der Waals surface area (Å²) >= 11 is -6.09. The molecule has 0 saturated heterocycles. The number of rotatable bonds is 3. The molecular weight excluding hydrogens is 289 g/mol. The number of hydrogen-bond acceptors (Lipinski definition) is 3. The second-order valence-corrected chi connectivity index (χ2v) is 5.98. The third-order valence-electron chi connectivity index (χ3n) is 2.19. The van der Waals surface area contributed by atoms with Gasteiger partial charge in [0.2, 0.25) is 0 Å². The zero-order valence-corrected chi connectivity index (χ0v) is 10.3. The fourth-order valence-corrected chi connectivity index (χ4v) is 3.36. The first-order valence-electron chi connectivity index (χ1n) is 4.66.